The molecule has 2 fully saturated rings. The number of ether oxygens (including phenoxy) is 1. The number of carbonyl (C=O) groups excluding carboxylic acids is 2. The molecule has 0 aliphatic carbocycles. The van der Waals surface area contributed by atoms with E-state index in [4.69, 9.17) is 4.74 Å². The Kier molecular flexibility index (Phi) is 6.50. The molecule has 3 rings (SSSR count). The first-order valence-electron chi connectivity index (χ1n) is 8.93. The van der Waals surface area contributed by atoms with Crippen molar-refractivity contribution in [3.05, 3.63) is 28.2 Å². The van der Waals surface area contributed by atoms with Crippen molar-refractivity contribution in [1.29, 1.82) is 0 Å². The van der Waals surface area contributed by atoms with Crippen LogP contribution in [-0.2, 0) is 9.53 Å². The van der Waals surface area contributed by atoms with Crippen LogP contribution >= 0.6 is 15.9 Å². The van der Waals surface area contributed by atoms with Gasteiger partial charge < -0.3 is 19.9 Å². The van der Waals surface area contributed by atoms with Crippen LogP contribution in [0.15, 0.2) is 22.7 Å². The minimum atomic E-state index is -0.0246. The fourth-order valence-electron chi connectivity index (χ4n) is 3.21. The summed E-state index contributed by atoms with van der Waals surface area (Å²) in [6.45, 7) is 7.59. The number of hydrogen-bond donors (Lipinski definition) is 1. The molecule has 26 heavy (non-hydrogen) atoms. The summed E-state index contributed by atoms with van der Waals surface area (Å²) in [4.78, 5) is 30.6. The number of carbonyl (C=O) groups is 2. The number of hydrogen-bond acceptors (Lipinski definition) is 4. The molecule has 142 valence electrons. The van der Waals surface area contributed by atoms with Crippen LogP contribution in [0.3, 0.4) is 0 Å². The third-order valence-electron chi connectivity index (χ3n) is 4.75. The first-order chi connectivity index (χ1) is 12.5. The van der Waals surface area contributed by atoms with Crippen LogP contribution in [0.5, 0.6) is 0 Å². The van der Waals surface area contributed by atoms with Gasteiger partial charge in [-0.15, -0.1) is 0 Å². The zero-order valence-electron chi connectivity index (χ0n) is 15.0. The molecule has 8 heteroatoms. The lowest BCUT2D eigenvalue weighted by atomic mass is 10.2. The molecule has 7 nitrogen and oxygen atoms in total. The van der Waals surface area contributed by atoms with Crippen molar-refractivity contribution in [1.82, 2.24) is 14.7 Å². The standard InChI is InChI=1S/C18H25BrN4O3/c1-14-12-15(19)2-3-16(14)20-17(24)13-21-4-6-22(7-5-21)18(25)23-8-10-26-11-9-23/h2-3,12H,4-11,13H2,1H3,(H,20,24). The van der Waals surface area contributed by atoms with E-state index in [2.05, 4.69) is 26.1 Å². The van der Waals surface area contributed by atoms with E-state index in [1.807, 2.05) is 34.9 Å². The summed E-state index contributed by atoms with van der Waals surface area (Å²) in [6.07, 6.45) is 0. The number of piperazine rings is 1. The van der Waals surface area contributed by atoms with Gasteiger partial charge in [0.1, 0.15) is 0 Å². The van der Waals surface area contributed by atoms with Gasteiger partial charge in [-0.3, -0.25) is 9.69 Å². The third kappa shape index (κ3) is 4.96. The number of anilines is 1. The van der Waals surface area contributed by atoms with Gasteiger partial charge in [0.05, 0.1) is 19.8 Å². The monoisotopic (exact) mass is 424 g/mol. The Hall–Kier alpha value is -1.64. The molecule has 0 bridgehead atoms. The van der Waals surface area contributed by atoms with Gasteiger partial charge in [0.25, 0.3) is 0 Å². The SMILES string of the molecule is Cc1cc(Br)ccc1NC(=O)CN1CCN(C(=O)N2CCOCC2)CC1. The van der Waals surface area contributed by atoms with Gasteiger partial charge in [0.15, 0.2) is 0 Å². The van der Waals surface area contributed by atoms with Crippen LogP contribution in [0.4, 0.5) is 10.5 Å². The molecule has 2 saturated heterocycles. The summed E-state index contributed by atoms with van der Waals surface area (Å²) in [5.74, 6) is -0.0246. The van der Waals surface area contributed by atoms with Crippen molar-refractivity contribution < 1.29 is 14.3 Å². The smallest absolute Gasteiger partial charge is 0.320 e. The van der Waals surface area contributed by atoms with Crippen LogP contribution in [0.2, 0.25) is 0 Å². The number of rotatable bonds is 3. The van der Waals surface area contributed by atoms with Gasteiger partial charge in [0, 0.05) is 49.4 Å². The van der Waals surface area contributed by atoms with E-state index in [9.17, 15) is 9.59 Å². The molecule has 0 aromatic heterocycles. The number of benzene rings is 1. The second-order valence-electron chi connectivity index (χ2n) is 6.65. The van der Waals surface area contributed by atoms with Crippen molar-refractivity contribution >= 4 is 33.6 Å². The predicted octanol–water partition coefficient (Wildman–Crippen LogP) is 1.77. The van der Waals surface area contributed by atoms with Crippen LogP contribution in [0.1, 0.15) is 5.56 Å². The van der Waals surface area contributed by atoms with Crippen molar-refractivity contribution in [2.45, 2.75) is 6.92 Å². The number of nitrogens with zero attached hydrogens (tertiary/aromatic N) is 3. The summed E-state index contributed by atoms with van der Waals surface area (Å²) < 4.78 is 6.29. The number of amides is 3. The lowest BCUT2D eigenvalue weighted by molar-refractivity contribution is -0.117. The molecule has 0 saturated carbocycles. The average Bonchev–Trinajstić information content (AvgIpc) is 2.65. The van der Waals surface area contributed by atoms with E-state index >= 15 is 0 Å². The Bertz CT molecular complexity index is 656. The highest BCUT2D eigenvalue weighted by atomic mass is 79.9. The van der Waals surface area contributed by atoms with Crippen molar-refractivity contribution in [2.75, 3.05) is 64.3 Å². The summed E-state index contributed by atoms with van der Waals surface area (Å²) in [5.41, 5.74) is 1.85. The molecule has 3 amide bonds. The van der Waals surface area contributed by atoms with Crippen molar-refractivity contribution in [3.8, 4) is 0 Å². The molecular weight excluding hydrogens is 400 g/mol. The second-order valence-corrected chi connectivity index (χ2v) is 7.57. The summed E-state index contributed by atoms with van der Waals surface area (Å²) in [5, 5.41) is 2.97. The molecule has 0 radical (unpaired) electrons. The number of nitrogens with one attached hydrogen (secondary N) is 1. The summed E-state index contributed by atoms with van der Waals surface area (Å²) in [6, 6.07) is 5.88. The normalized spacial score (nSPS) is 18.7. The first-order valence-corrected chi connectivity index (χ1v) is 9.72. The second kappa shape index (κ2) is 8.83. The predicted molar refractivity (Wildman–Crippen MR) is 103 cm³/mol. The Morgan fingerprint density at radius 1 is 1.08 bits per heavy atom. The topological polar surface area (TPSA) is 65.1 Å². The van der Waals surface area contributed by atoms with Crippen molar-refractivity contribution in [3.63, 3.8) is 0 Å². The molecule has 2 aliphatic rings. The van der Waals surface area contributed by atoms with Gasteiger partial charge in [-0.25, -0.2) is 4.79 Å². The van der Waals surface area contributed by atoms with Crippen LogP contribution in [0, 0.1) is 6.92 Å². The quantitative estimate of drug-likeness (QED) is 0.802. The highest BCUT2D eigenvalue weighted by Gasteiger charge is 2.27. The van der Waals surface area contributed by atoms with Crippen molar-refractivity contribution in [2.24, 2.45) is 0 Å². The van der Waals surface area contributed by atoms with E-state index in [0.717, 1.165) is 15.7 Å². The van der Waals surface area contributed by atoms with Gasteiger partial charge in [-0.05, 0) is 30.7 Å². The van der Waals surface area contributed by atoms with Gasteiger partial charge >= 0.3 is 6.03 Å². The Morgan fingerprint density at radius 2 is 1.73 bits per heavy atom. The highest BCUT2D eigenvalue weighted by Crippen LogP contribution is 2.20. The molecule has 1 aromatic carbocycles. The lowest BCUT2D eigenvalue weighted by Crippen LogP contribution is -2.55. The van der Waals surface area contributed by atoms with E-state index in [-0.39, 0.29) is 11.9 Å². The van der Waals surface area contributed by atoms with Crippen LogP contribution in [0.25, 0.3) is 0 Å². The van der Waals surface area contributed by atoms with E-state index in [0.29, 0.717) is 59.0 Å². The fourth-order valence-corrected chi connectivity index (χ4v) is 3.69. The Balaban J connectivity index is 1.44. The molecular formula is C18H25BrN4O3. The lowest BCUT2D eigenvalue weighted by Gasteiger charge is -2.38. The number of urea groups is 1. The molecule has 2 aliphatic heterocycles. The van der Waals surface area contributed by atoms with E-state index in [1.165, 1.54) is 0 Å². The Labute approximate surface area is 162 Å². The molecule has 0 atom stereocenters. The van der Waals surface area contributed by atoms with E-state index in [1.54, 1.807) is 0 Å². The maximum atomic E-state index is 12.5. The summed E-state index contributed by atoms with van der Waals surface area (Å²) in [7, 11) is 0. The maximum absolute atomic E-state index is 12.5. The highest BCUT2D eigenvalue weighted by molar-refractivity contribution is 9.10. The first kappa shape index (κ1) is 19.1. The minimum absolute atomic E-state index is 0.0246. The molecule has 0 unspecified atom stereocenters. The maximum Gasteiger partial charge on any atom is 0.320 e. The fraction of sp³-hybridized carbons (Fsp3) is 0.556. The zero-order valence-corrected chi connectivity index (χ0v) is 16.6. The average molecular weight is 425 g/mol. The van der Waals surface area contributed by atoms with E-state index < -0.39 is 0 Å². The molecule has 1 N–H and O–H groups in total. The molecule has 0 spiro atoms. The largest absolute Gasteiger partial charge is 0.378 e. The summed E-state index contributed by atoms with van der Waals surface area (Å²) >= 11 is 3.42. The number of halogens is 1. The van der Waals surface area contributed by atoms with Crippen LogP contribution < -0.4 is 5.32 Å². The van der Waals surface area contributed by atoms with Gasteiger partial charge in [-0.1, -0.05) is 15.9 Å². The van der Waals surface area contributed by atoms with Crippen LogP contribution in [-0.4, -0.2) is 85.7 Å². The van der Waals surface area contributed by atoms with Gasteiger partial charge in [0.2, 0.25) is 5.91 Å². The zero-order chi connectivity index (χ0) is 18.5. The van der Waals surface area contributed by atoms with Gasteiger partial charge in [-0.2, -0.15) is 0 Å². The molecule has 1 aromatic rings. The number of aryl methyl sites for hydroxylation is 1. The molecule has 2 heterocycles. The third-order valence-corrected chi connectivity index (χ3v) is 5.25. The minimum Gasteiger partial charge on any atom is -0.378 e. The Morgan fingerprint density at radius 3 is 2.38 bits per heavy atom. The number of morpholine rings is 1.